The van der Waals surface area contributed by atoms with Crippen LogP contribution in [0.1, 0.15) is 38.7 Å². The van der Waals surface area contributed by atoms with Gasteiger partial charge in [0.15, 0.2) is 0 Å². The zero-order chi connectivity index (χ0) is 34.4. The Hall–Kier alpha value is -2.88. The largest absolute Gasteiger partial charge is 0.491 e. The van der Waals surface area contributed by atoms with Gasteiger partial charge in [-0.2, -0.15) is 4.31 Å². The maximum atomic E-state index is 13.7. The first kappa shape index (κ1) is 36.4. The minimum absolute atomic E-state index is 0.00990. The Balaban J connectivity index is 1.09. The number of ether oxygens (including phenoxy) is 2. The van der Waals surface area contributed by atoms with Crippen LogP contribution in [0.4, 0.5) is 0 Å². The summed E-state index contributed by atoms with van der Waals surface area (Å²) in [6, 6.07) is 21.5. The van der Waals surface area contributed by atoms with Crippen LogP contribution in [0.25, 0.3) is 11.1 Å². The molecule has 3 aromatic carbocycles. The van der Waals surface area contributed by atoms with Gasteiger partial charge in [0.2, 0.25) is 20.0 Å². The summed E-state index contributed by atoms with van der Waals surface area (Å²) in [7, 11) is -5.93. The monoisotopic (exact) mass is 700 g/mol. The summed E-state index contributed by atoms with van der Waals surface area (Å²) in [5, 5.41) is 17.3. The molecule has 0 bridgehead atoms. The molecule has 0 amide bonds. The predicted octanol–water partition coefficient (Wildman–Crippen LogP) is 3.35. The molecule has 0 saturated carbocycles. The molecule has 2 saturated heterocycles. The zero-order valence-corrected chi connectivity index (χ0v) is 29.5. The molecule has 0 radical (unpaired) electrons. The number of rotatable bonds is 15. The quantitative estimate of drug-likeness (QED) is 0.188. The lowest BCUT2D eigenvalue weighted by molar-refractivity contribution is -0.0312. The molecule has 11 nitrogen and oxygen atoms in total. The molecule has 0 aromatic heterocycles. The lowest BCUT2D eigenvalue weighted by Gasteiger charge is -2.38. The van der Waals surface area contributed by atoms with E-state index in [1.165, 1.54) is 24.7 Å². The SMILES string of the molecule is CNS(=O)(=O)c1cccc(OCC(O)CN[C@H]2COC3(CCN(S(=O)(=O)c4cccc(-c5ccc(CNCC(C)C)cc5)c4)CC3)C2)c1. The van der Waals surface area contributed by atoms with Crippen LogP contribution >= 0.6 is 0 Å². The van der Waals surface area contributed by atoms with Crippen LogP contribution in [-0.2, 0) is 31.3 Å². The molecule has 13 heteroatoms. The summed E-state index contributed by atoms with van der Waals surface area (Å²) in [5.41, 5.74) is 2.62. The highest BCUT2D eigenvalue weighted by molar-refractivity contribution is 7.89. The number of piperidine rings is 1. The van der Waals surface area contributed by atoms with Crippen LogP contribution in [0.2, 0.25) is 0 Å². The fourth-order valence-corrected chi connectivity index (χ4v) is 8.42. The molecule has 4 N–H and O–H groups in total. The third-order valence-electron chi connectivity index (χ3n) is 8.95. The van der Waals surface area contributed by atoms with Crippen molar-refractivity contribution in [3.8, 4) is 16.9 Å². The van der Waals surface area contributed by atoms with E-state index in [1.54, 1.807) is 34.6 Å². The first-order chi connectivity index (χ1) is 22.9. The summed E-state index contributed by atoms with van der Waals surface area (Å²) in [4.78, 5) is 0.375. The van der Waals surface area contributed by atoms with Crippen LogP contribution in [0.3, 0.4) is 0 Å². The van der Waals surface area contributed by atoms with Gasteiger partial charge >= 0.3 is 0 Å². The van der Waals surface area contributed by atoms with E-state index < -0.39 is 31.8 Å². The van der Waals surface area contributed by atoms with Gasteiger partial charge in [0.05, 0.1) is 22.0 Å². The van der Waals surface area contributed by atoms with Crippen molar-refractivity contribution in [3.63, 3.8) is 0 Å². The van der Waals surface area contributed by atoms with E-state index in [2.05, 4.69) is 41.3 Å². The number of aliphatic hydroxyl groups excluding tert-OH is 1. The van der Waals surface area contributed by atoms with E-state index in [-0.39, 0.29) is 29.0 Å². The number of nitrogens with one attached hydrogen (secondary N) is 3. The molecule has 0 aliphatic carbocycles. The molecule has 5 rings (SSSR count). The van der Waals surface area contributed by atoms with E-state index in [9.17, 15) is 21.9 Å². The highest BCUT2D eigenvalue weighted by atomic mass is 32.2. The van der Waals surface area contributed by atoms with E-state index in [0.717, 1.165) is 30.6 Å². The Bertz CT molecular complexity index is 1730. The first-order valence-electron chi connectivity index (χ1n) is 16.5. The maximum Gasteiger partial charge on any atom is 0.243 e. The second-order valence-electron chi connectivity index (χ2n) is 13.1. The van der Waals surface area contributed by atoms with Gasteiger partial charge in [0, 0.05) is 38.3 Å². The van der Waals surface area contributed by atoms with Gasteiger partial charge in [-0.15, -0.1) is 0 Å². The molecule has 1 spiro atoms. The first-order valence-corrected chi connectivity index (χ1v) is 19.4. The third-order valence-corrected chi connectivity index (χ3v) is 12.3. The molecule has 1 unspecified atom stereocenters. The van der Waals surface area contributed by atoms with Crippen LogP contribution in [0.15, 0.2) is 82.6 Å². The highest BCUT2D eigenvalue weighted by Gasteiger charge is 2.44. The van der Waals surface area contributed by atoms with Crippen molar-refractivity contribution in [1.82, 2.24) is 19.7 Å². The van der Waals surface area contributed by atoms with Gasteiger partial charge in [-0.3, -0.25) is 0 Å². The second-order valence-corrected chi connectivity index (χ2v) is 16.9. The number of aliphatic hydroxyl groups is 1. The van der Waals surface area contributed by atoms with Crippen molar-refractivity contribution in [2.75, 3.05) is 46.4 Å². The lowest BCUT2D eigenvalue weighted by Crippen LogP contribution is -2.47. The fourth-order valence-electron chi connectivity index (χ4n) is 6.17. The molecule has 3 aromatic rings. The van der Waals surface area contributed by atoms with E-state index >= 15 is 0 Å². The highest BCUT2D eigenvalue weighted by Crippen LogP contribution is 2.37. The second kappa shape index (κ2) is 15.8. The standard InChI is InChI=1S/C35H48N4O7S2/c1-26(2)21-37-22-27-10-12-28(13-11-27)29-6-4-9-34(18-29)48(43,44)39-16-14-35(15-17-39)20-30(24-46-35)38-23-31(40)25-45-32-7-5-8-33(19-32)47(41,42)36-3/h4-13,18-19,26,30-31,36-38,40H,14-17,20-25H2,1-3H3/t30-,31?/m1/s1. The third kappa shape index (κ3) is 9.21. The van der Waals surface area contributed by atoms with E-state index in [4.69, 9.17) is 9.47 Å². The maximum absolute atomic E-state index is 13.7. The van der Waals surface area contributed by atoms with Crippen molar-refractivity contribution in [3.05, 3.63) is 78.4 Å². The predicted molar refractivity (Wildman–Crippen MR) is 186 cm³/mol. The van der Waals surface area contributed by atoms with Gasteiger partial charge in [-0.05, 0) is 79.7 Å². The number of benzene rings is 3. The normalized spacial score (nSPS) is 19.1. The van der Waals surface area contributed by atoms with E-state index in [0.29, 0.717) is 44.2 Å². The summed E-state index contributed by atoms with van der Waals surface area (Å²) in [6.07, 6.45) is 1.08. The smallest absolute Gasteiger partial charge is 0.243 e. The molecule has 48 heavy (non-hydrogen) atoms. The van der Waals surface area contributed by atoms with Crippen molar-refractivity contribution < 1.29 is 31.4 Å². The van der Waals surface area contributed by atoms with Gasteiger partial charge in [-0.1, -0.05) is 56.3 Å². The Morgan fingerprint density at radius 3 is 2.35 bits per heavy atom. The van der Waals surface area contributed by atoms with Crippen molar-refractivity contribution >= 4 is 20.0 Å². The topological polar surface area (TPSA) is 146 Å². The van der Waals surface area contributed by atoms with E-state index in [1.807, 2.05) is 18.2 Å². The van der Waals surface area contributed by atoms with Crippen LogP contribution in [0.5, 0.6) is 5.75 Å². The average Bonchev–Trinajstić information content (AvgIpc) is 3.48. The van der Waals surface area contributed by atoms with Crippen LogP contribution in [0, 0.1) is 5.92 Å². The number of sulfonamides is 2. The van der Waals surface area contributed by atoms with Crippen LogP contribution < -0.4 is 20.1 Å². The minimum Gasteiger partial charge on any atom is -0.491 e. The fraction of sp³-hybridized carbons (Fsp3) is 0.486. The Morgan fingerprint density at radius 1 is 0.938 bits per heavy atom. The minimum atomic E-state index is -3.68. The van der Waals surface area contributed by atoms with Crippen molar-refractivity contribution in [2.45, 2.75) is 67.2 Å². The van der Waals surface area contributed by atoms with Gasteiger partial charge in [0.25, 0.3) is 0 Å². The molecule has 2 heterocycles. The number of hydrogen-bond donors (Lipinski definition) is 4. The van der Waals surface area contributed by atoms with Crippen molar-refractivity contribution in [2.24, 2.45) is 5.92 Å². The summed E-state index contributed by atoms with van der Waals surface area (Å²) in [5.74, 6) is 0.935. The molecular weight excluding hydrogens is 653 g/mol. The summed E-state index contributed by atoms with van der Waals surface area (Å²) in [6.45, 7) is 7.58. The van der Waals surface area contributed by atoms with Gasteiger partial charge in [0.1, 0.15) is 18.5 Å². The molecule has 262 valence electrons. The van der Waals surface area contributed by atoms with Gasteiger partial charge < -0.3 is 25.2 Å². The molecule has 2 atom stereocenters. The summed E-state index contributed by atoms with van der Waals surface area (Å²) >= 11 is 0. The Morgan fingerprint density at radius 2 is 1.65 bits per heavy atom. The molecular formula is C35H48N4O7S2. The Labute approximate surface area is 285 Å². The molecule has 2 aliphatic heterocycles. The molecule has 2 aliphatic rings. The molecule has 2 fully saturated rings. The van der Waals surface area contributed by atoms with Crippen LogP contribution in [-0.4, -0.2) is 90.4 Å². The number of nitrogens with zero attached hydrogens (tertiary/aromatic N) is 1. The van der Waals surface area contributed by atoms with Crippen molar-refractivity contribution in [1.29, 1.82) is 0 Å². The lowest BCUT2D eigenvalue weighted by atomic mass is 9.88. The van der Waals surface area contributed by atoms with Gasteiger partial charge in [-0.25, -0.2) is 21.6 Å². The zero-order valence-electron chi connectivity index (χ0n) is 27.9. The average molecular weight is 701 g/mol. The Kier molecular flexibility index (Phi) is 12.0. The number of hydrogen-bond acceptors (Lipinski definition) is 9. The summed E-state index contributed by atoms with van der Waals surface area (Å²) < 4.78 is 67.1.